The smallest absolute Gasteiger partial charge is 0.141 e. The lowest BCUT2D eigenvalue weighted by molar-refractivity contribution is -0.00914. The van der Waals surface area contributed by atoms with Crippen molar-refractivity contribution in [3.63, 3.8) is 0 Å². The van der Waals surface area contributed by atoms with Gasteiger partial charge in [-0.3, -0.25) is 5.09 Å². The molecule has 0 aromatic rings. The van der Waals surface area contributed by atoms with E-state index < -0.39 is 19.1 Å². The van der Waals surface area contributed by atoms with E-state index >= 15 is 0 Å². The maximum atomic E-state index is 13.9. The molecule has 0 spiro atoms. The molecule has 0 aromatic heterocycles. The molecule has 1 rings (SSSR count). The van der Waals surface area contributed by atoms with Crippen molar-refractivity contribution in [3.8, 4) is 0 Å². The molecule has 0 heterocycles. The van der Waals surface area contributed by atoms with Gasteiger partial charge in [-0.2, -0.15) is 0 Å². The van der Waals surface area contributed by atoms with Crippen molar-refractivity contribution >= 4 is 7.29 Å². The minimum absolute atomic E-state index is 0.136. The second kappa shape index (κ2) is 4.15. The second-order valence-electron chi connectivity index (χ2n) is 5.21. The largest absolute Gasteiger partial charge is 0.389 e. The van der Waals surface area contributed by atoms with Crippen LogP contribution in [0.25, 0.3) is 0 Å². The Morgan fingerprint density at radius 1 is 1.60 bits per heavy atom. The van der Waals surface area contributed by atoms with Crippen LogP contribution in [-0.4, -0.2) is 36.8 Å². The van der Waals surface area contributed by atoms with Crippen LogP contribution in [0, 0.1) is 11.8 Å². The third-order valence-electron chi connectivity index (χ3n) is 3.38. The van der Waals surface area contributed by atoms with Gasteiger partial charge in [0.05, 0.1) is 6.10 Å². The molecule has 1 aliphatic rings. The third kappa shape index (κ3) is 3.02. The van der Waals surface area contributed by atoms with E-state index in [1.807, 2.05) is 0 Å². The summed E-state index contributed by atoms with van der Waals surface area (Å²) in [5.41, 5.74) is -1.52. The lowest BCUT2D eigenvalue weighted by Gasteiger charge is -2.24. The van der Waals surface area contributed by atoms with Gasteiger partial charge >= 0.3 is 0 Å². The fourth-order valence-corrected chi connectivity index (χ4v) is 2.77. The maximum Gasteiger partial charge on any atom is 0.141 e. The number of alkyl halides is 1. The van der Waals surface area contributed by atoms with Crippen molar-refractivity contribution in [2.24, 2.45) is 11.8 Å². The zero-order valence-electron chi connectivity index (χ0n) is 9.83. The maximum absolute atomic E-state index is 13.9. The number of hydrogen-bond donors (Lipinski definition) is 2. The van der Waals surface area contributed by atoms with Gasteiger partial charge in [-0.25, -0.2) is 4.39 Å². The molecule has 0 aliphatic heterocycles. The van der Waals surface area contributed by atoms with Crippen LogP contribution >= 0.6 is 7.29 Å². The van der Waals surface area contributed by atoms with Crippen LogP contribution in [0.15, 0.2) is 0 Å². The SMILES string of the molecule is C[C@@H]1C[C@H](CNP(C)(C)=O)[C@H](O)C1(C)F. The van der Waals surface area contributed by atoms with E-state index in [1.165, 1.54) is 6.92 Å². The normalized spacial score (nSPS) is 42.1. The molecule has 3 nitrogen and oxygen atoms in total. The molecule has 15 heavy (non-hydrogen) atoms. The molecule has 1 saturated carbocycles. The van der Waals surface area contributed by atoms with Crippen LogP contribution in [0.5, 0.6) is 0 Å². The van der Waals surface area contributed by atoms with Crippen LogP contribution in [0.4, 0.5) is 4.39 Å². The van der Waals surface area contributed by atoms with Crippen molar-refractivity contribution in [3.05, 3.63) is 0 Å². The van der Waals surface area contributed by atoms with Gasteiger partial charge in [0.1, 0.15) is 13.0 Å². The monoisotopic (exact) mass is 237 g/mol. The van der Waals surface area contributed by atoms with Crippen LogP contribution < -0.4 is 5.09 Å². The Morgan fingerprint density at radius 3 is 2.47 bits per heavy atom. The molecular weight excluding hydrogens is 216 g/mol. The van der Waals surface area contributed by atoms with Gasteiger partial charge in [-0.05, 0) is 19.3 Å². The summed E-state index contributed by atoms with van der Waals surface area (Å²) in [4.78, 5) is 0. The molecule has 1 unspecified atom stereocenters. The van der Waals surface area contributed by atoms with Gasteiger partial charge in [0.2, 0.25) is 0 Å². The third-order valence-corrected chi connectivity index (χ3v) is 4.32. The highest BCUT2D eigenvalue weighted by Gasteiger charge is 2.49. The van der Waals surface area contributed by atoms with E-state index in [9.17, 15) is 14.1 Å². The quantitative estimate of drug-likeness (QED) is 0.736. The Morgan fingerprint density at radius 2 is 2.13 bits per heavy atom. The predicted octanol–water partition coefficient (Wildman–Crippen LogP) is 1.86. The highest BCUT2D eigenvalue weighted by Crippen LogP contribution is 2.43. The van der Waals surface area contributed by atoms with Crippen LogP contribution in [-0.2, 0) is 4.57 Å². The summed E-state index contributed by atoms with van der Waals surface area (Å²) < 4.78 is 25.4. The van der Waals surface area contributed by atoms with Gasteiger partial charge in [0, 0.05) is 25.8 Å². The molecule has 90 valence electrons. The molecule has 0 amide bonds. The van der Waals surface area contributed by atoms with Gasteiger partial charge in [0.15, 0.2) is 0 Å². The Labute approximate surface area is 90.9 Å². The van der Waals surface area contributed by atoms with Crippen LogP contribution in [0.2, 0.25) is 0 Å². The molecule has 4 atom stereocenters. The van der Waals surface area contributed by atoms with E-state index in [0.717, 1.165) is 0 Å². The summed E-state index contributed by atoms with van der Waals surface area (Å²) in [7, 11) is -2.29. The molecule has 1 fully saturated rings. The van der Waals surface area contributed by atoms with E-state index in [4.69, 9.17) is 0 Å². The van der Waals surface area contributed by atoms with Gasteiger partial charge in [-0.15, -0.1) is 0 Å². The minimum atomic E-state index is -2.29. The number of aliphatic hydroxyl groups is 1. The zero-order valence-corrected chi connectivity index (χ0v) is 10.7. The number of nitrogens with one attached hydrogen (secondary N) is 1. The summed E-state index contributed by atoms with van der Waals surface area (Å²) >= 11 is 0. The Balaban J connectivity index is 2.57. The fourth-order valence-electron chi connectivity index (χ4n) is 2.10. The van der Waals surface area contributed by atoms with E-state index in [2.05, 4.69) is 5.09 Å². The van der Waals surface area contributed by atoms with Crippen molar-refractivity contribution in [1.82, 2.24) is 5.09 Å². The molecule has 5 heteroatoms. The fraction of sp³-hybridized carbons (Fsp3) is 1.00. The summed E-state index contributed by atoms with van der Waals surface area (Å²) in [5.74, 6) is -0.282. The molecule has 0 radical (unpaired) electrons. The topological polar surface area (TPSA) is 49.3 Å². The number of aliphatic hydroxyl groups excluding tert-OH is 1. The highest BCUT2D eigenvalue weighted by molar-refractivity contribution is 7.60. The van der Waals surface area contributed by atoms with Gasteiger partial charge < -0.3 is 9.67 Å². The number of halogens is 1. The highest BCUT2D eigenvalue weighted by atomic mass is 31.2. The Kier molecular flexibility index (Phi) is 3.64. The molecule has 2 N–H and O–H groups in total. The van der Waals surface area contributed by atoms with Crippen molar-refractivity contribution < 1.29 is 14.1 Å². The lowest BCUT2D eigenvalue weighted by Crippen LogP contribution is -2.38. The first kappa shape index (κ1) is 13.1. The van der Waals surface area contributed by atoms with Gasteiger partial charge in [-0.1, -0.05) is 6.92 Å². The first-order valence-electron chi connectivity index (χ1n) is 5.31. The molecular formula is C10H21FNO2P. The summed E-state index contributed by atoms with van der Waals surface area (Å²) in [5, 5.41) is 12.7. The number of hydrogen-bond acceptors (Lipinski definition) is 2. The Bertz CT molecular complexity index is 277. The first-order valence-corrected chi connectivity index (χ1v) is 7.92. The van der Waals surface area contributed by atoms with Crippen LogP contribution in [0.1, 0.15) is 20.3 Å². The molecule has 0 bridgehead atoms. The van der Waals surface area contributed by atoms with Crippen molar-refractivity contribution in [2.75, 3.05) is 19.9 Å². The van der Waals surface area contributed by atoms with E-state index in [0.29, 0.717) is 13.0 Å². The zero-order chi connectivity index (χ0) is 11.9. The van der Waals surface area contributed by atoms with Crippen molar-refractivity contribution in [2.45, 2.75) is 32.0 Å². The summed E-state index contributed by atoms with van der Waals surface area (Å²) in [6, 6.07) is 0. The van der Waals surface area contributed by atoms with Crippen molar-refractivity contribution in [1.29, 1.82) is 0 Å². The van der Waals surface area contributed by atoms with Crippen LogP contribution in [0.3, 0.4) is 0 Å². The standard InChI is InChI=1S/C10H21FNO2P/c1-7-5-8(6-12-15(3,4)14)9(13)10(7,2)11/h7-9,13H,5-6H2,1-4H3,(H,12,14)/t7-,8-,9+,10?/m1/s1. The van der Waals surface area contributed by atoms with E-state index in [-0.39, 0.29) is 11.8 Å². The molecule has 1 aliphatic carbocycles. The summed E-state index contributed by atoms with van der Waals surface area (Å²) in [6.07, 6.45) is -0.312. The summed E-state index contributed by atoms with van der Waals surface area (Å²) in [6.45, 7) is 6.94. The second-order valence-corrected chi connectivity index (χ2v) is 8.22. The minimum Gasteiger partial charge on any atom is -0.389 e. The average molecular weight is 237 g/mol. The van der Waals surface area contributed by atoms with E-state index in [1.54, 1.807) is 20.3 Å². The lowest BCUT2D eigenvalue weighted by atomic mass is 9.95. The molecule has 0 saturated heterocycles. The predicted molar refractivity (Wildman–Crippen MR) is 60.2 cm³/mol. The number of rotatable bonds is 3. The van der Waals surface area contributed by atoms with Gasteiger partial charge in [0.25, 0.3) is 0 Å². The first-order chi connectivity index (χ1) is 6.64. The Hall–Kier alpha value is 0.0800. The average Bonchev–Trinajstić information content (AvgIpc) is 2.25. The molecule has 0 aromatic carbocycles.